The molecule has 31 heavy (non-hydrogen) atoms. The first kappa shape index (κ1) is 20.9. The number of rotatable bonds is 7. The average Bonchev–Trinajstić information content (AvgIpc) is 2.78. The van der Waals surface area contributed by atoms with Gasteiger partial charge in [0.2, 0.25) is 0 Å². The van der Waals surface area contributed by atoms with Gasteiger partial charge in [-0.05, 0) is 37.7 Å². The van der Waals surface area contributed by atoms with Gasteiger partial charge in [0.15, 0.2) is 11.5 Å². The van der Waals surface area contributed by atoms with E-state index in [9.17, 15) is 0 Å². The van der Waals surface area contributed by atoms with Crippen molar-refractivity contribution in [2.45, 2.75) is 20.8 Å². The molecule has 0 radical (unpaired) electrons. The Labute approximate surface area is 182 Å². The van der Waals surface area contributed by atoms with E-state index in [-0.39, 0.29) is 0 Å². The lowest BCUT2D eigenvalue weighted by Gasteiger charge is -2.19. The predicted octanol–water partition coefficient (Wildman–Crippen LogP) is 4.14. The van der Waals surface area contributed by atoms with Gasteiger partial charge < -0.3 is 25.8 Å². The topological polar surface area (TPSA) is 99.5 Å². The number of nitrogen functional groups attached to an aromatic ring is 2. The number of hydrogen-bond acceptors (Lipinski definition) is 7. The molecule has 7 heteroatoms. The monoisotopic (exact) mass is 419 g/mol. The maximum absolute atomic E-state index is 6.30. The number of fused-ring (bicyclic) bond motifs is 5. The maximum Gasteiger partial charge on any atom is 0.163 e. The van der Waals surface area contributed by atoms with Crippen LogP contribution in [0.5, 0.6) is 11.5 Å². The van der Waals surface area contributed by atoms with Crippen molar-refractivity contribution >= 4 is 44.1 Å². The first-order valence-corrected chi connectivity index (χ1v) is 10.6. The van der Waals surface area contributed by atoms with E-state index < -0.39 is 0 Å². The lowest BCUT2D eigenvalue weighted by molar-refractivity contribution is 0.217. The van der Waals surface area contributed by atoms with Gasteiger partial charge in [0.1, 0.15) is 12.4 Å². The Morgan fingerprint density at radius 2 is 1.77 bits per heavy atom. The first-order valence-electron chi connectivity index (χ1n) is 10.6. The Morgan fingerprint density at radius 3 is 2.48 bits per heavy atom. The van der Waals surface area contributed by atoms with Crippen LogP contribution in [0.4, 0.5) is 11.5 Å². The molecule has 4 rings (SSSR count). The van der Waals surface area contributed by atoms with E-state index in [1.807, 2.05) is 31.2 Å². The molecule has 0 atom stereocenters. The van der Waals surface area contributed by atoms with E-state index in [2.05, 4.69) is 28.7 Å². The molecule has 0 spiro atoms. The maximum atomic E-state index is 6.30. The van der Waals surface area contributed by atoms with E-state index >= 15 is 0 Å². The molecule has 4 aromatic rings. The van der Waals surface area contributed by atoms with Crippen LogP contribution >= 0.6 is 0 Å². The largest absolute Gasteiger partial charge is 0.493 e. The number of methoxy groups -OCH3 is 1. The van der Waals surface area contributed by atoms with E-state index in [1.54, 1.807) is 13.3 Å². The molecule has 2 heterocycles. The third kappa shape index (κ3) is 3.65. The van der Waals surface area contributed by atoms with Gasteiger partial charge in [0.05, 0.1) is 18.1 Å². The number of nitrogens with zero attached hydrogens (tertiary/aromatic N) is 3. The first-order chi connectivity index (χ1) is 15.0. The second-order valence-electron chi connectivity index (χ2n) is 7.62. The van der Waals surface area contributed by atoms with Gasteiger partial charge in [0.25, 0.3) is 0 Å². The summed E-state index contributed by atoms with van der Waals surface area (Å²) in [6.45, 7) is 9.68. The van der Waals surface area contributed by atoms with E-state index in [4.69, 9.17) is 20.9 Å². The van der Waals surface area contributed by atoms with Gasteiger partial charge >= 0.3 is 0 Å². The highest BCUT2D eigenvalue weighted by Crippen LogP contribution is 2.39. The van der Waals surface area contributed by atoms with Crippen LogP contribution in [0, 0.1) is 6.92 Å². The molecular weight excluding hydrogens is 390 g/mol. The molecule has 0 aliphatic rings. The molecule has 0 aliphatic carbocycles. The summed E-state index contributed by atoms with van der Waals surface area (Å²) >= 11 is 0. The van der Waals surface area contributed by atoms with E-state index in [1.165, 1.54) is 0 Å². The molecule has 7 nitrogen and oxygen atoms in total. The Kier molecular flexibility index (Phi) is 5.69. The van der Waals surface area contributed by atoms with Gasteiger partial charge in [-0.2, -0.15) is 0 Å². The zero-order chi connectivity index (χ0) is 22.1. The standard InChI is InChI=1S/C24H29N5O2/c1-5-29(6-2)9-10-31-21-12-19-16(11-20(21)30-4)22-15-7-8-18(25)14(3)23(15)28-24(26)17(22)13-27-19/h7-8,11-13H,5-6,9-10,25H2,1-4H3,(H2,26,28). The number of nitrogens with two attached hydrogens (primary N) is 2. The molecule has 0 saturated carbocycles. The third-order valence-corrected chi connectivity index (χ3v) is 5.96. The molecule has 0 aliphatic heterocycles. The Morgan fingerprint density at radius 1 is 1.00 bits per heavy atom. The third-order valence-electron chi connectivity index (χ3n) is 5.96. The second-order valence-corrected chi connectivity index (χ2v) is 7.62. The summed E-state index contributed by atoms with van der Waals surface area (Å²) in [6, 6.07) is 7.81. The highest BCUT2D eigenvalue weighted by Gasteiger charge is 2.16. The summed E-state index contributed by atoms with van der Waals surface area (Å²) in [7, 11) is 1.65. The van der Waals surface area contributed by atoms with Gasteiger partial charge in [-0.3, -0.25) is 4.98 Å². The van der Waals surface area contributed by atoms with E-state index in [0.717, 1.165) is 57.8 Å². The Balaban J connectivity index is 1.89. The van der Waals surface area contributed by atoms with Crippen molar-refractivity contribution < 1.29 is 9.47 Å². The Bertz CT molecular complexity index is 1270. The zero-order valence-electron chi connectivity index (χ0n) is 18.5. The van der Waals surface area contributed by atoms with Crippen molar-refractivity contribution in [1.82, 2.24) is 14.9 Å². The molecule has 162 valence electrons. The van der Waals surface area contributed by atoms with Crippen LogP contribution in [-0.4, -0.2) is 48.2 Å². The summed E-state index contributed by atoms with van der Waals surface area (Å²) in [5.41, 5.74) is 15.6. The molecular formula is C24H29N5O2. The summed E-state index contributed by atoms with van der Waals surface area (Å²) in [5.74, 6) is 1.78. The molecule has 2 aromatic carbocycles. The molecule has 0 bridgehead atoms. The number of aryl methyl sites for hydroxylation is 1. The van der Waals surface area contributed by atoms with Crippen LogP contribution in [0.1, 0.15) is 19.4 Å². The molecule has 2 aromatic heterocycles. The van der Waals surface area contributed by atoms with Crippen LogP contribution in [0.3, 0.4) is 0 Å². The number of hydrogen-bond donors (Lipinski definition) is 2. The zero-order valence-corrected chi connectivity index (χ0v) is 18.5. The minimum atomic E-state index is 0.434. The van der Waals surface area contributed by atoms with Crippen molar-refractivity contribution in [3.8, 4) is 11.5 Å². The lowest BCUT2D eigenvalue weighted by atomic mass is 9.99. The second kappa shape index (κ2) is 8.43. The minimum absolute atomic E-state index is 0.434. The molecule has 0 fully saturated rings. The van der Waals surface area contributed by atoms with Gasteiger partial charge in [-0.15, -0.1) is 0 Å². The van der Waals surface area contributed by atoms with E-state index in [0.29, 0.717) is 29.6 Å². The summed E-state index contributed by atoms with van der Waals surface area (Å²) < 4.78 is 11.7. The number of pyridine rings is 2. The van der Waals surface area contributed by atoms with Crippen LogP contribution in [0.15, 0.2) is 30.5 Å². The molecule has 0 saturated heterocycles. The smallest absolute Gasteiger partial charge is 0.163 e. The fourth-order valence-corrected chi connectivity index (χ4v) is 4.02. The highest BCUT2D eigenvalue weighted by molar-refractivity contribution is 6.21. The van der Waals surface area contributed by atoms with Crippen molar-refractivity contribution in [2.24, 2.45) is 0 Å². The molecule has 0 amide bonds. The minimum Gasteiger partial charge on any atom is -0.493 e. The van der Waals surface area contributed by atoms with Crippen LogP contribution in [0.25, 0.3) is 32.6 Å². The Hall–Kier alpha value is -3.32. The fraction of sp³-hybridized carbons (Fsp3) is 0.333. The number of aromatic nitrogens is 2. The van der Waals surface area contributed by atoms with Crippen molar-refractivity contribution in [1.29, 1.82) is 0 Å². The lowest BCUT2D eigenvalue weighted by Crippen LogP contribution is -2.27. The van der Waals surface area contributed by atoms with Crippen molar-refractivity contribution in [2.75, 3.05) is 44.8 Å². The van der Waals surface area contributed by atoms with Gasteiger partial charge in [-0.1, -0.05) is 19.9 Å². The summed E-state index contributed by atoms with van der Waals surface area (Å²) in [5, 5.41) is 3.72. The van der Waals surface area contributed by atoms with Crippen molar-refractivity contribution in [3.63, 3.8) is 0 Å². The predicted molar refractivity (Wildman–Crippen MR) is 128 cm³/mol. The van der Waals surface area contributed by atoms with Gasteiger partial charge in [-0.25, -0.2) is 4.98 Å². The van der Waals surface area contributed by atoms with Crippen molar-refractivity contribution in [3.05, 3.63) is 36.0 Å². The van der Waals surface area contributed by atoms with Crippen LogP contribution in [-0.2, 0) is 0 Å². The quantitative estimate of drug-likeness (QED) is 0.343. The van der Waals surface area contributed by atoms with Gasteiger partial charge in [0, 0.05) is 46.0 Å². The van der Waals surface area contributed by atoms with Crippen LogP contribution in [0.2, 0.25) is 0 Å². The molecule has 0 unspecified atom stereocenters. The number of benzene rings is 2. The summed E-state index contributed by atoms with van der Waals surface area (Å²) in [6.07, 6.45) is 1.78. The molecule has 4 N–H and O–H groups in total. The SMILES string of the molecule is CCN(CC)CCOc1cc2ncc3c(N)nc4c(C)c(N)ccc4c3c2cc1OC. The average molecular weight is 420 g/mol. The fourth-order valence-electron chi connectivity index (χ4n) is 4.02. The van der Waals surface area contributed by atoms with Crippen LogP contribution < -0.4 is 20.9 Å². The normalized spacial score (nSPS) is 11.6. The number of anilines is 2. The highest BCUT2D eigenvalue weighted by atomic mass is 16.5. The number of likely N-dealkylation sites (N-methyl/N-ethyl adjacent to an activating group) is 1. The number of ether oxygens (including phenoxy) is 2. The summed E-state index contributed by atoms with van der Waals surface area (Å²) in [4.78, 5) is 11.6.